The van der Waals surface area contributed by atoms with Gasteiger partial charge in [-0.15, -0.1) is 0 Å². The van der Waals surface area contributed by atoms with E-state index < -0.39 is 20.2 Å². The average Bonchev–Trinajstić information content (AvgIpc) is 3.55. The Kier molecular flexibility index (Phi) is 12.0. The smallest absolute Gasteiger partial charge is 0.282 e. The third-order valence-electron chi connectivity index (χ3n) is 17.2. The zero-order chi connectivity index (χ0) is 41.9. The van der Waals surface area contributed by atoms with E-state index >= 15 is 0 Å². The molecule has 8 heteroatoms. The third kappa shape index (κ3) is 8.31. The molecule has 59 heavy (non-hydrogen) atoms. The summed E-state index contributed by atoms with van der Waals surface area (Å²) >= 11 is 0. The maximum absolute atomic E-state index is 12.1. The van der Waals surface area contributed by atoms with Crippen molar-refractivity contribution < 1.29 is 25.9 Å². The Balaban J connectivity index is 0.990. The first-order valence-electron chi connectivity index (χ1n) is 23.0. The second kappa shape index (κ2) is 16.5. The maximum atomic E-state index is 12.1. The molecule has 2 N–H and O–H groups in total. The summed E-state index contributed by atoms with van der Waals surface area (Å²) in [6.07, 6.45) is 19.8. The summed E-state index contributed by atoms with van der Waals surface area (Å²) in [6.45, 7) is 12.7. The largest absolute Gasteiger partial charge is 0.294 e. The van der Waals surface area contributed by atoms with Gasteiger partial charge in [0.15, 0.2) is 0 Å². The molecule has 0 aromatic heterocycles. The van der Waals surface area contributed by atoms with Crippen molar-refractivity contribution in [2.45, 2.75) is 147 Å². The second-order valence-electron chi connectivity index (χ2n) is 20.7. The van der Waals surface area contributed by atoms with Crippen molar-refractivity contribution in [3.8, 4) is 0 Å². The lowest BCUT2D eigenvalue weighted by Gasteiger charge is -2.61. The van der Waals surface area contributed by atoms with Gasteiger partial charge in [0.2, 0.25) is 0 Å². The van der Waals surface area contributed by atoms with Crippen LogP contribution in [0.3, 0.4) is 0 Å². The minimum atomic E-state index is -4.36. The molecule has 8 rings (SSSR count). The molecule has 4 aliphatic rings. The van der Waals surface area contributed by atoms with Crippen LogP contribution in [0.4, 0.5) is 0 Å². The Morgan fingerprint density at radius 2 is 1.24 bits per heavy atom. The lowest BCUT2D eigenvalue weighted by atomic mass is 9.44. The van der Waals surface area contributed by atoms with Gasteiger partial charge in [0.05, 0.1) is 9.79 Å². The quantitative estimate of drug-likeness (QED) is 0.130. The normalized spacial score (nSPS) is 30.4. The van der Waals surface area contributed by atoms with Gasteiger partial charge >= 0.3 is 0 Å². The van der Waals surface area contributed by atoms with Crippen LogP contribution in [0.5, 0.6) is 0 Å². The van der Waals surface area contributed by atoms with Crippen LogP contribution in [-0.4, -0.2) is 25.9 Å². The second-order valence-corrected chi connectivity index (χ2v) is 23.6. The summed E-state index contributed by atoms with van der Waals surface area (Å²) in [7, 11) is -8.72. The van der Waals surface area contributed by atoms with Crippen molar-refractivity contribution in [1.82, 2.24) is 0 Å². The summed E-state index contributed by atoms with van der Waals surface area (Å²) < 4.78 is 67.9. The monoisotopic (exact) mass is 840 g/mol. The van der Waals surface area contributed by atoms with E-state index in [9.17, 15) is 25.9 Å². The lowest BCUT2D eigenvalue weighted by Crippen LogP contribution is -2.53. The molecular formula is C51H68O6S2. The average molecular weight is 841 g/mol. The van der Waals surface area contributed by atoms with E-state index in [1.807, 2.05) is 24.3 Å². The molecule has 0 aliphatic heterocycles. The third-order valence-corrected chi connectivity index (χ3v) is 18.9. The molecule has 320 valence electrons. The van der Waals surface area contributed by atoms with Crippen LogP contribution in [0.2, 0.25) is 0 Å². The maximum Gasteiger partial charge on any atom is 0.294 e. The Morgan fingerprint density at radius 1 is 0.644 bits per heavy atom. The Morgan fingerprint density at radius 3 is 1.83 bits per heavy atom. The van der Waals surface area contributed by atoms with Crippen molar-refractivity contribution in [3.05, 3.63) is 83.9 Å². The van der Waals surface area contributed by atoms with Gasteiger partial charge in [-0.1, -0.05) is 115 Å². The molecule has 9 atom stereocenters. The number of fused-ring (bicyclic) bond motifs is 7. The van der Waals surface area contributed by atoms with Crippen LogP contribution in [0.15, 0.2) is 82.6 Å². The molecule has 0 bridgehead atoms. The van der Waals surface area contributed by atoms with Crippen LogP contribution < -0.4 is 0 Å². The molecule has 4 aliphatic carbocycles. The highest BCUT2D eigenvalue weighted by molar-refractivity contribution is 7.86. The fraction of sp³-hybridized carbons (Fsp3) is 0.608. The van der Waals surface area contributed by atoms with Crippen LogP contribution in [-0.2, 0) is 20.2 Å². The molecule has 4 aromatic carbocycles. The van der Waals surface area contributed by atoms with E-state index in [1.54, 1.807) is 12.1 Å². The van der Waals surface area contributed by atoms with Gasteiger partial charge in [-0.05, 0) is 179 Å². The molecule has 4 fully saturated rings. The van der Waals surface area contributed by atoms with Crippen LogP contribution in [0.1, 0.15) is 148 Å². The first kappa shape index (κ1) is 42.9. The number of rotatable bonds is 13. The molecule has 4 aromatic rings. The first-order valence-corrected chi connectivity index (χ1v) is 25.9. The molecule has 0 saturated heterocycles. The van der Waals surface area contributed by atoms with E-state index in [0.29, 0.717) is 16.7 Å². The standard InChI is InChI=1S/C51H68O6S2/c1-33(2)10-6-11-34(3)47-24-25-48-46-21-18-38-30-35(26-28-50(38,4)49(46)27-29-51(47,48)5)12-7-15-45(43-16-8-13-36-31-39(58(52,53)54)19-22-41(36)43)44-17-9-14-37-32-40(59(55,56)57)20-23-42(37)44/h8-9,13-14,16-17,19-20,22-23,31-35,38,45-49H,6-7,10-12,15,18,21,24-30H2,1-5H3,(H,52,53,54)(H,55,56,57)/t34-,35+,38+,46+,47-,48+,49+,50+,51-/m1/s1. The van der Waals surface area contributed by atoms with Gasteiger partial charge in [-0.25, -0.2) is 0 Å². The molecule has 4 saturated carbocycles. The van der Waals surface area contributed by atoms with Gasteiger partial charge in [-0.2, -0.15) is 16.8 Å². The Hall–Kier alpha value is -2.78. The van der Waals surface area contributed by atoms with Gasteiger partial charge in [0, 0.05) is 5.92 Å². The number of hydrogen-bond donors (Lipinski definition) is 2. The number of benzene rings is 4. The van der Waals surface area contributed by atoms with E-state index in [4.69, 9.17) is 0 Å². The van der Waals surface area contributed by atoms with Crippen molar-refractivity contribution in [1.29, 1.82) is 0 Å². The molecule has 0 radical (unpaired) electrons. The van der Waals surface area contributed by atoms with E-state index in [2.05, 4.69) is 46.8 Å². The van der Waals surface area contributed by atoms with E-state index in [-0.39, 0.29) is 15.7 Å². The fourth-order valence-corrected chi connectivity index (χ4v) is 15.3. The van der Waals surface area contributed by atoms with Gasteiger partial charge < -0.3 is 0 Å². The summed E-state index contributed by atoms with van der Waals surface area (Å²) in [4.78, 5) is -0.256. The van der Waals surface area contributed by atoms with Gasteiger partial charge in [-0.3, -0.25) is 9.11 Å². The van der Waals surface area contributed by atoms with E-state index in [1.165, 1.54) is 108 Å². The van der Waals surface area contributed by atoms with Gasteiger partial charge in [0.25, 0.3) is 20.2 Å². The zero-order valence-corrected chi connectivity index (χ0v) is 37.7. The molecular weight excluding hydrogens is 773 g/mol. The van der Waals surface area contributed by atoms with Crippen LogP contribution >= 0.6 is 0 Å². The van der Waals surface area contributed by atoms with Crippen molar-refractivity contribution >= 4 is 41.8 Å². The van der Waals surface area contributed by atoms with E-state index in [0.717, 1.165) is 86.9 Å². The lowest BCUT2D eigenvalue weighted by molar-refractivity contribution is -0.121. The summed E-state index contributed by atoms with van der Waals surface area (Å²) in [5.74, 6) is 6.72. The van der Waals surface area contributed by atoms with Crippen LogP contribution in [0.25, 0.3) is 21.5 Å². The highest BCUT2D eigenvalue weighted by Gasteiger charge is 2.60. The zero-order valence-electron chi connectivity index (χ0n) is 36.1. The van der Waals surface area contributed by atoms with Gasteiger partial charge in [0.1, 0.15) is 0 Å². The topological polar surface area (TPSA) is 109 Å². The summed E-state index contributed by atoms with van der Waals surface area (Å²) in [5.41, 5.74) is 3.14. The minimum Gasteiger partial charge on any atom is -0.282 e. The molecule has 0 heterocycles. The highest BCUT2D eigenvalue weighted by Crippen LogP contribution is 2.69. The van der Waals surface area contributed by atoms with Crippen LogP contribution in [0, 0.1) is 58.2 Å². The molecule has 0 unspecified atom stereocenters. The minimum absolute atomic E-state index is 0.0374. The summed E-state index contributed by atoms with van der Waals surface area (Å²) in [5, 5.41) is 3.34. The Bertz CT molecular complexity index is 2270. The highest BCUT2D eigenvalue weighted by atomic mass is 32.2. The van der Waals surface area contributed by atoms with Crippen molar-refractivity contribution in [2.75, 3.05) is 0 Å². The van der Waals surface area contributed by atoms with Crippen molar-refractivity contribution in [2.24, 2.45) is 58.2 Å². The molecule has 6 nitrogen and oxygen atoms in total. The molecule has 0 spiro atoms. The molecule has 0 amide bonds. The SMILES string of the molecule is CC(C)CCC[C@@H](C)[C@H]1CC[C@H]2[C@@H]3CC[C@H]4C[C@@H](CCCC(c5cccc6cc(S(=O)(=O)O)ccc56)c5cccc6cc(S(=O)(=O)O)ccc56)CC[C@]4(C)[C@H]3CC[C@]12C. The van der Waals surface area contributed by atoms with Crippen molar-refractivity contribution in [3.63, 3.8) is 0 Å². The predicted molar refractivity (Wildman–Crippen MR) is 240 cm³/mol. The first-order chi connectivity index (χ1) is 28.0. The predicted octanol–water partition coefficient (Wildman–Crippen LogP) is 13.5. The summed E-state index contributed by atoms with van der Waals surface area (Å²) in [6, 6.07) is 21.5. The number of hydrogen-bond acceptors (Lipinski definition) is 4. The fourth-order valence-electron chi connectivity index (χ4n) is 14.2. The Labute approximate surface area is 354 Å².